The van der Waals surface area contributed by atoms with E-state index in [1.54, 1.807) is 35.8 Å². The summed E-state index contributed by atoms with van der Waals surface area (Å²) < 4.78 is 12.9. The second-order valence-corrected chi connectivity index (χ2v) is 9.95. The van der Waals surface area contributed by atoms with Gasteiger partial charge in [0.05, 0.1) is 22.4 Å². The molecule has 0 saturated heterocycles. The minimum absolute atomic E-state index is 0.0641. The first-order chi connectivity index (χ1) is 18.1. The number of esters is 1. The summed E-state index contributed by atoms with van der Waals surface area (Å²) in [6.07, 6.45) is 1.77. The molecule has 1 aliphatic heterocycles. The highest BCUT2D eigenvalue weighted by Crippen LogP contribution is 2.36. The third-order valence-corrected chi connectivity index (χ3v) is 7.55. The van der Waals surface area contributed by atoms with Gasteiger partial charge in [0.25, 0.3) is 5.56 Å². The van der Waals surface area contributed by atoms with Crippen molar-refractivity contribution in [1.82, 2.24) is 4.57 Å². The zero-order chi connectivity index (χ0) is 25.8. The lowest BCUT2D eigenvalue weighted by Crippen LogP contribution is -2.39. The minimum atomic E-state index is -0.669. The highest BCUT2D eigenvalue weighted by molar-refractivity contribution is 7.10. The Morgan fingerprint density at radius 3 is 2.73 bits per heavy atom. The summed E-state index contributed by atoms with van der Waals surface area (Å²) in [4.78, 5) is 33.3. The van der Waals surface area contributed by atoms with Gasteiger partial charge in [-0.2, -0.15) is 5.26 Å². The first-order valence-electron chi connectivity index (χ1n) is 11.5. The molecule has 0 fully saturated rings. The van der Waals surface area contributed by atoms with Crippen LogP contribution in [-0.4, -0.2) is 23.8 Å². The molecule has 9 heteroatoms. The van der Waals surface area contributed by atoms with Gasteiger partial charge in [-0.25, -0.2) is 9.79 Å². The molecule has 184 valence electrons. The number of carbonyl (C=O) groups excluding carboxylic acids is 1. The van der Waals surface area contributed by atoms with Gasteiger partial charge in [0, 0.05) is 10.4 Å². The molecule has 3 heterocycles. The van der Waals surface area contributed by atoms with Crippen molar-refractivity contribution in [2.75, 3.05) is 13.2 Å². The maximum Gasteiger partial charge on any atom is 0.338 e. The molecular formula is C28H21N3O4S2. The van der Waals surface area contributed by atoms with E-state index in [0.29, 0.717) is 26.4 Å². The summed E-state index contributed by atoms with van der Waals surface area (Å²) in [7, 11) is 0. The first-order valence-corrected chi connectivity index (χ1v) is 13.2. The highest BCUT2D eigenvalue weighted by Gasteiger charge is 2.35. The summed E-state index contributed by atoms with van der Waals surface area (Å²) in [5.41, 5.74) is 2.10. The van der Waals surface area contributed by atoms with E-state index in [1.165, 1.54) is 22.7 Å². The van der Waals surface area contributed by atoms with Crippen LogP contribution >= 0.6 is 22.7 Å². The standard InChI is InChI=1S/C28H21N3O4S2/c1-2-34-27(33)23-24(19-9-4-3-5-10-19)30-28-31(25(23)21-12-7-15-36-21)26(32)22(37-28)17-18-8-6-11-20(16-18)35-14-13-29/h3-12,15-17,25H,2,14H2,1H3/b22-17-/t25-/m0/s1. The second kappa shape index (κ2) is 10.8. The van der Waals surface area contributed by atoms with Crippen molar-refractivity contribution in [2.45, 2.75) is 13.0 Å². The SMILES string of the molecule is CCOC(=O)C1=C(c2ccccc2)N=c2s/c(=C\c3cccc(OCC#N)c3)c(=O)n2[C@H]1c1cccs1. The summed E-state index contributed by atoms with van der Waals surface area (Å²) in [6.45, 7) is 1.89. The van der Waals surface area contributed by atoms with E-state index < -0.39 is 12.0 Å². The number of aromatic nitrogens is 1. The number of carbonyl (C=O) groups is 1. The van der Waals surface area contributed by atoms with Gasteiger partial charge in [0.1, 0.15) is 17.9 Å². The van der Waals surface area contributed by atoms with Crippen molar-refractivity contribution in [3.05, 3.63) is 113 Å². The predicted molar refractivity (Wildman–Crippen MR) is 143 cm³/mol. The number of ether oxygens (including phenoxy) is 2. The quantitative estimate of drug-likeness (QED) is 0.340. The van der Waals surface area contributed by atoms with E-state index in [1.807, 2.05) is 60.0 Å². The summed E-state index contributed by atoms with van der Waals surface area (Å²) in [5.74, 6) is 0.0376. The number of nitriles is 1. The topological polar surface area (TPSA) is 93.7 Å². The molecule has 4 aromatic rings. The Kier molecular flexibility index (Phi) is 7.12. The van der Waals surface area contributed by atoms with Gasteiger partial charge < -0.3 is 9.47 Å². The lowest BCUT2D eigenvalue weighted by Gasteiger charge is -2.24. The van der Waals surface area contributed by atoms with Gasteiger partial charge in [-0.15, -0.1) is 11.3 Å². The molecular weight excluding hydrogens is 506 g/mol. The average molecular weight is 528 g/mol. The van der Waals surface area contributed by atoms with Crippen molar-refractivity contribution in [3.63, 3.8) is 0 Å². The van der Waals surface area contributed by atoms with Crippen LogP contribution in [0.4, 0.5) is 0 Å². The zero-order valence-electron chi connectivity index (χ0n) is 19.8. The molecule has 0 radical (unpaired) electrons. The van der Waals surface area contributed by atoms with Gasteiger partial charge >= 0.3 is 5.97 Å². The molecule has 37 heavy (non-hydrogen) atoms. The minimum Gasteiger partial charge on any atom is -0.479 e. The summed E-state index contributed by atoms with van der Waals surface area (Å²) >= 11 is 2.73. The van der Waals surface area contributed by atoms with Gasteiger partial charge in [0.2, 0.25) is 0 Å². The molecule has 1 aliphatic rings. The van der Waals surface area contributed by atoms with Crippen LogP contribution in [-0.2, 0) is 9.53 Å². The normalized spacial score (nSPS) is 15.0. The number of rotatable bonds is 7. The van der Waals surface area contributed by atoms with Crippen LogP contribution in [0.3, 0.4) is 0 Å². The molecule has 7 nitrogen and oxygen atoms in total. The van der Waals surface area contributed by atoms with Crippen molar-refractivity contribution in [2.24, 2.45) is 4.99 Å². The number of hydrogen-bond donors (Lipinski definition) is 0. The Morgan fingerprint density at radius 1 is 1.16 bits per heavy atom. The van der Waals surface area contributed by atoms with E-state index in [0.717, 1.165) is 16.0 Å². The van der Waals surface area contributed by atoms with Crippen molar-refractivity contribution < 1.29 is 14.3 Å². The Morgan fingerprint density at radius 2 is 2.00 bits per heavy atom. The largest absolute Gasteiger partial charge is 0.479 e. The number of fused-ring (bicyclic) bond motifs is 1. The molecule has 0 bridgehead atoms. The number of hydrogen-bond acceptors (Lipinski definition) is 8. The first kappa shape index (κ1) is 24.4. The fraction of sp³-hybridized carbons (Fsp3) is 0.143. The monoisotopic (exact) mass is 527 g/mol. The number of benzene rings is 2. The molecule has 0 unspecified atom stereocenters. The zero-order valence-corrected chi connectivity index (χ0v) is 21.4. The Bertz CT molecular complexity index is 1690. The smallest absolute Gasteiger partial charge is 0.338 e. The molecule has 0 spiro atoms. The fourth-order valence-electron chi connectivity index (χ4n) is 4.12. The number of thiazole rings is 1. The molecule has 2 aromatic carbocycles. The predicted octanol–water partition coefficient (Wildman–Crippen LogP) is 3.90. The average Bonchev–Trinajstić information content (AvgIpc) is 3.56. The highest BCUT2D eigenvalue weighted by atomic mass is 32.1. The number of thiophene rings is 1. The van der Waals surface area contributed by atoms with Crippen LogP contribution in [0.15, 0.2) is 87.5 Å². The van der Waals surface area contributed by atoms with Crippen molar-refractivity contribution in [3.8, 4) is 11.8 Å². The maximum absolute atomic E-state index is 13.8. The van der Waals surface area contributed by atoms with Crippen LogP contribution in [0.2, 0.25) is 0 Å². The van der Waals surface area contributed by atoms with Crippen LogP contribution < -0.4 is 19.6 Å². The summed E-state index contributed by atoms with van der Waals surface area (Å²) in [6, 6.07) is 21.7. The van der Waals surface area contributed by atoms with Crippen molar-refractivity contribution in [1.29, 1.82) is 5.26 Å². The molecule has 2 aromatic heterocycles. The van der Waals surface area contributed by atoms with Crippen LogP contribution in [0.5, 0.6) is 5.75 Å². The van der Waals surface area contributed by atoms with Crippen LogP contribution in [0, 0.1) is 11.3 Å². The molecule has 0 saturated carbocycles. The lowest BCUT2D eigenvalue weighted by atomic mass is 9.97. The molecule has 0 amide bonds. The van der Waals surface area contributed by atoms with E-state index in [4.69, 9.17) is 19.7 Å². The molecule has 1 atom stereocenters. The van der Waals surface area contributed by atoms with Crippen molar-refractivity contribution >= 4 is 40.4 Å². The Labute approximate surface area is 220 Å². The number of nitrogens with zero attached hydrogens (tertiary/aromatic N) is 3. The van der Waals surface area contributed by atoms with E-state index in [-0.39, 0.29) is 18.8 Å². The van der Waals surface area contributed by atoms with E-state index in [9.17, 15) is 9.59 Å². The van der Waals surface area contributed by atoms with Gasteiger partial charge in [-0.1, -0.05) is 59.9 Å². The van der Waals surface area contributed by atoms with Crippen LogP contribution in [0.25, 0.3) is 11.8 Å². The van der Waals surface area contributed by atoms with Crippen LogP contribution in [0.1, 0.15) is 29.0 Å². The van der Waals surface area contributed by atoms with E-state index >= 15 is 0 Å². The van der Waals surface area contributed by atoms with E-state index in [2.05, 4.69) is 0 Å². The van der Waals surface area contributed by atoms with Gasteiger partial charge in [-0.3, -0.25) is 9.36 Å². The molecule has 5 rings (SSSR count). The molecule has 0 N–H and O–H groups in total. The third-order valence-electron chi connectivity index (χ3n) is 5.65. The second-order valence-electron chi connectivity index (χ2n) is 7.97. The third kappa shape index (κ3) is 4.89. The summed E-state index contributed by atoms with van der Waals surface area (Å²) in [5, 5.41) is 10.7. The maximum atomic E-state index is 13.8. The van der Waals surface area contributed by atoms with Gasteiger partial charge in [0.15, 0.2) is 11.4 Å². The Balaban J connectivity index is 1.74. The Hall–Kier alpha value is -4.26. The lowest BCUT2D eigenvalue weighted by molar-refractivity contribution is -0.138. The fourth-order valence-corrected chi connectivity index (χ4v) is 5.94. The van der Waals surface area contributed by atoms with Gasteiger partial charge in [-0.05, 0) is 42.1 Å². The molecule has 0 aliphatic carbocycles.